The Morgan fingerprint density at radius 1 is 1.04 bits per heavy atom. The van der Waals surface area contributed by atoms with Crippen molar-refractivity contribution < 1.29 is 22.6 Å². The minimum atomic E-state index is -2.93. The Balaban J connectivity index is 0.00000392. The van der Waals surface area contributed by atoms with Gasteiger partial charge in [0, 0.05) is 20.1 Å². The number of nitrogens with zero attached hydrogens (tertiary/aromatic N) is 1. The number of benzene rings is 2. The molecule has 0 heterocycles. The molecule has 0 aliphatic heterocycles. The number of aliphatic imine (C=N–C) groups is 1. The fraction of sp³-hybridized carbons (Fsp3) is 0.316. The fourth-order valence-corrected chi connectivity index (χ4v) is 2.40. The largest absolute Gasteiger partial charge is 0.493 e. The predicted octanol–water partition coefficient (Wildman–Crippen LogP) is 3.96. The summed E-state index contributed by atoms with van der Waals surface area (Å²) in [4.78, 5) is 4.11. The molecule has 28 heavy (non-hydrogen) atoms. The van der Waals surface area contributed by atoms with Gasteiger partial charge in [-0.3, -0.25) is 4.99 Å². The number of nitrogens with one attached hydrogen (secondary N) is 2. The lowest BCUT2D eigenvalue weighted by molar-refractivity contribution is -0.0512. The van der Waals surface area contributed by atoms with Crippen molar-refractivity contribution in [2.24, 2.45) is 4.99 Å². The van der Waals surface area contributed by atoms with Gasteiger partial charge in [0.15, 0.2) is 17.5 Å². The van der Waals surface area contributed by atoms with Crippen LogP contribution in [0.3, 0.4) is 0 Å². The van der Waals surface area contributed by atoms with Crippen LogP contribution in [0.4, 0.5) is 13.2 Å². The van der Waals surface area contributed by atoms with Crippen molar-refractivity contribution in [3.8, 4) is 11.5 Å². The lowest BCUT2D eigenvalue weighted by Crippen LogP contribution is -2.37. The summed E-state index contributed by atoms with van der Waals surface area (Å²) < 4.78 is 47.4. The molecule has 0 bridgehead atoms. The quantitative estimate of drug-likeness (QED) is 0.322. The zero-order valence-corrected chi connectivity index (χ0v) is 17.9. The number of ether oxygens (including phenoxy) is 2. The number of guanidine groups is 1. The number of rotatable bonds is 8. The van der Waals surface area contributed by atoms with E-state index in [1.54, 1.807) is 31.3 Å². The lowest BCUT2D eigenvalue weighted by atomic mass is 10.1. The average Bonchev–Trinajstić information content (AvgIpc) is 2.65. The van der Waals surface area contributed by atoms with Gasteiger partial charge < -0.3 is 20.1 Å². The van der Waals surface area contributed by atoms with Gasteiger partial charge in [-0.1, -0.05) is 18.2 Å². The van der Waals surface area contributed by atoms with Crippen molar-refractivity contribution in [2.45, 2.75) is 19.6 Å². The minimum absolute atomic E-state index is 0. The van der Waals surface area contributed by atoms with Gasteiger partial charge in [-0.2, -0.15) is 8.78 Å². The highest BCUT2D eigenvalue weighted by Gasteiger charge is 2.11. The molecule has 0 spiro atoms. The van der Waals surface area contributed by atoms with E-state index in [0.29, 0.717) is 25.5 Å². The Hall–Kier alpha value is -2.17. The maximum atomic E-state index is 12.9. The van der Waals surface area contributed by atoms with Gasteiger partial charge in [0.2, 0.25) is 0 Å². The highest BCUT2D eigenvalue weighted by molar-refractivity contribution is 14.0. The van der Waals surface area contributed by atoms with E-state index in [2.05, 4.69) is 20.4 Å². The molecule has 0 amide bonds. The summed E-state index contributed by atoms with van der Waals surface area (Å²) in [5.74, 6) is 0.509. The van der Waals surface area contributed by atoms with Crippen LogP contribution in [0.2, 0.25) is 0 Å². The first-order valence-electron chi connectivity index (χ1n) is 8.32. The van der Waals surface area contributed by atoms with Gasteiger partial charge in [0.25, 0.3) is 0 Å². The third-order valence-electron chi connectivity index (χ3n) is 3.75. The van der Waals surface area contributed by atoms with E-state index in [0.717, 1.165) is 11.1 Å². The van der Waals surface area contributed by atoms with Crippen molar-refractivity contribution in [2.75, 3.05) is 20.7 Å². The van der Waals surface area contributed by atoms with E-state index in [1.165, 1.54) is 25.3 Å². The molecular weight excluding hydrogens is 486 g/mol. The van der Waals surface area contributed by atoms with Crippen LogP contribution in [0.15, 0.2) is 47.5 Å². The van der Waals surface area contributed by atoms with E-state index in [9.17, 15) is 13.2 Å². The molecule has 154 valence electrons. The van der Waals surface area contributed by atoms with Gasteiger partial charge in [0.1, 0.15) is 5.82 Å². The highest BCUT2D eigenvalue weighted by atomic mass is 127. The second kappa shape index (κ2) is 12.3. The molecule has 0 fully saturated rings. The molecule has 2 rings (SSSR count). The van der Waals surface area contributed by atoms with Crippen LogP contribution in [-0.4, -0.2) is 33.3 Å². The van der Waals surface area contributed by atoms with Gasteiger partial charge in [-0.05, 0) is 41.8 Å². The Kier molecular flexibility index (Phi) is 10.5. The Morgan fingerprint density at radius 2 is 1.71 bits per heavy atom. The van der Waals surface area contributed by atoms with E-state index >= 15 is 0 Å². The summed E-state index contributed by atoms with van der Waals surface area (Å²) in [5.41, 5.74) is 1.73. The molecule has 9 heteroatoms. The molecule has 0 saturated heterocycles. The van der Waals surface area contributed by atoms with E-state index in [4.69, 9.17) is 4.74 Å². The average molecular weight is 509 g/mol. The van der Waals surface area contributed by atoms with Crippen LogP contribution in [0.5, 0.6) is 11.5 Å². The molecule has 0 radical (unpaired) electrons. The first-order chi connectivity index (χ1) is 13.0. The molecule has 0 saturated carbocycles. The number of alkyl halides is 2. The summed E-state index contributed by atoms with van der Waals surface area (Å²) in [5, 5.41) is 6.24. The van der Waals surface area contributed by atoms with Crippen LogP contribution in [0.1, 0.15) is 11.1 Å². The molecule has 0 aliphatic rings. The summed E-state index contributed by atoms with van der Waals surface area (Å²) in [6, 6.07) is 11.1. The maximum absolute atomic E-state index is 12.9. The van der Waals surface area contributed by atoms with E-state index in [1.807, 2.05) is 0 Å². The first kappa shape index (κ1) is 23.9. The minimum Gasteiger partial charge on any atom is -0.493 e. The summed E-state index contributed by atoms with van der Waals surface area (Å²) in [6.45, 7) is -1.96. The third-order valence-corrected chi connectivity index (χ3v) is 3.75. The Labute approximate surface area is 179 Å². The van der Waals surface area contributed by atoms with Gasteiger partial charge >= 0.3 is 6.61 Å². The monoisotopic (exact) mass is 509 g/mol. The molecule has 2 aromatic carbocycles. The van der Waals surface area contributed by atoms with Gasteiger partial charge in [-0.15, -0.1) is 24.0 Å². The SMILES string of the molecule is CN=C(NCCc1ccc(F)cc1)NCc1ccc(OC)c(OC(F)F)c1.I. The lowest BCUT2D eigenvalue weighted by Gasteiger charge is -2.14. The van der Waals surface area contributed by atoms with Crippen LogP contribution in [0.25, 0.3) is 0 Å². The molecule has 2 N–H and O–H groups in total. The standard InChI is InChI=1S/C19H22F3N3O2.HI/c1-23-19(24-10-9-13-3-6-15(20)7-4-13)25-12-14-5-8-16(26-2)17(11-14)27-18(21)22;/h3-8,11,18H,9-10,12H2,1-2H3,(H2,23,24,25);1H. The summed E-state index contributed by atoms with van der Waals surface area (Å²) >= 11 is 0. The maximum Gasteiger partial charge on any atom is 0.387 e. The summed E-state index contributed by atoms with van der Waals surface area (Å²) in [6.07, 6.45) is 0.704. The van der Waals surface area contributed by atoms with Crippen LogP contribution in [-0.2, 0) is 13.0 Å². The molecule has 0 aliphatic carbocycles. The molecule has 2 aromatic rings. The predicted molar refractivity (Wildman–Crippen MR) is 113 cm³/mol. The molecule has 5 nitrogen and oxygen atoms in total. The van der Waals surface area contributed by atoms with Crippen LogP contribution in [0, 0.1) is 5.82 Å². The molecule has 0 atom stereocenters. The second-order valence-corrected chi connectivity index (χ2v) is 5.59. The van der Waals surface area contributed by atoms with Crippen molar-refractivity contribution in [1.82, 2.24) is 10.6 Å². The van der Waals surface area contributed by atoms with Crippen molar-refractivity contribution in [3.05, 3.63) is 59.4 Å². The zero-order chi connectivity index (χ0) is 19.6. The smallest absolute Gasteiger partial charge is 0.387 e. The van der Waals surface area contributed by atoms with E-state index in [-0.39, 0.29) is 41.3 Å². The second-order valence-electron chi connectivity index (χ2n) is 5.59. The molecule has 0 aromatic heterocycles. The van der Waals surface area contributed by atoms with Crippen LogP contribution >= 0.6 is 24.0 Å². The fourth-order valence-electron chi connectivity index (χ4n) is 2.40. The van der Waals surface area contributed by atoms with Crippen molar-refractivity contribution >= 4 is 29.9 Å². The number of hydrogen-bond donors (Lipinski definition) is 2. The van der Waals surface area contributed by atoms with Crippen molar-refractivity contribution in [1.29, 1.82) is 0 Å². The number of hydrogen-bond acceptors (Lipinski definition) is 3. The van der Waals surface area contributed by atoms with Gasteiger partial charge in [-0.25, -0.2) is 4.39 Å². The highest BCUT2D eigenvalue weighted by Crippen LogP contribution is 2.29. The Bertz CT molecular complexity index is 759. The van der Waals surface area contributed by atoms with Crippen LogP contribution < -0.4 is 20.1 Å². The summed E-state index contributed by atoms with van der Waals surface area (Å²) in [7, 11) is 3.02. The topological polar surface area (TPSA) is 54.9 Å². The molecule has 0 unspecified atom stereocenters. The normalized spacial score (nSPS) is 11.0. The van der Waals surface area contributed by atoms with Gasteiger partial charge in [0.05, 0.1) is 7.11 Å². The number of methoxy groups -OCH3 is 1. The zero-order valence-electron chi connectivity index (χ0n) is 15.5. The molecular formula is C19H23F3IN3O2. The number of halogens is 4. The van der Waals surface area contributed by atoms with Crippen molar-refractivity contribution in [3.63, 3.8) is 0 Å². The van der Waals surface area contributed by atoms with E-state index < -0.39 is 6.61 Å². The third kappa shape index (κ3) is 7.83. The first-order valence-corrected chi connectivity index (χ1v) is 8.32. The Morgan fingerprint density at radius 3 is 2.32 bits per heavy atom.